The predicted octanol–water partition coefficient (Wildman–Crippen LogP) is 1.28. The average molecular weight is 293 g/mol. The molecule has 21 heavy (non-hydrogen) atoms. The van der Waals surface area contributed by atoms with E-state index >= 15 is 0 Å². The van der Waals surface area contributed by atoms with Crippen molar-refractivity contribution in [3.63, 3.8) is 0 Å². The van der Waals surface area contributed by atoms with Gasteiger partial charge in [-0.05, 0) is 32.3 Å². The number of aromatic nitrogens is 2. The molecule has 1 heterocycles. The van der Waals surface area contributed by atoms with E-state index in [1.807, 2.05) is 20.0 Å². The number of ether oxygens (including phenoxy) is 1. The van der Waals surface area contributed by atoms with Crippen LogP contribution in [0.2, 0.25) is 0 Å². The third-order valence-electron chi connectivity index (χ3n) is 3.93. The number of carbonyl (C=O) groups excluding carboxylic acids is 2. The van der Waals surface area contributed by atoms with Crippen LogP contribution in [-0.4, -0.2) is 39.7 Å². The van der Waals surface area contributed by atoms with Gasteiger partial charge in [0.2, 0.25) is 5.91 Å². The molecule has 2 atom stereocenters. The Labute approximate surface area is 125 Å². The first-order valence-corrected chi connectivity index (χ1v) is 7.34. The van der Waals surface area contributed by atoms with Crippen molar-refractivity contribution in [1.82, 2.24) is 14.7 Å². The van der Waals surface area contributed by atoms with E-state index in [0.29, 0.717) is 19.7 Å². The first kappa shape index (κ1) is 15.5. The summed E-state index contributed by atoms with van der Waals surface area (Å²) in [6.07, 6.45) is 0.809. The number of nitrogens with zero attached hydrogens (tertiary/aromatic N) is 3. The molecule has 0 bridgehead atoms. The molecule has 116 valence electrons. The molecule has 1 saturated carbocycles. The SMILES string of the molecule is CCOC(=O)C1CC1CN(Cc1cc(C)n(C)n1)C(C)=O. The van der Waals surface area contributed by atoms with Gasteiger partial charge < -0.3 is 9.64 Å². The van der Waals surface area contributed by atoms with E-state index in [-0.39, 0.29) is 23.7 Å². The molecule has 1 aliphatic carbocycles. The minimum absolute atomic E-state index is 0.00724. The Kier molecular flexibility index (Phi) is 4.65. The molecule has 0 spiro atoms. The van der Waals surface area contributed by atoms with Gasteiger partial charge in [0, 0.05) is 26.2 Å². The zero-order valence-electron chi connectivity index (χ0n) is 13.1. The number of hydrogen-bond donors (Lipinski definition) is 0. The van der Waals surface area contributed by atoms with Crippen LogP contribution in [0.1, 0.15) is 31.7 Å². The summed E-state index contributed by atoms with van der Waals surface area (Å²) in [6.45, 7) is 6.83. The fourth-order valence-electron chi connectivity index (χ4n) is 2.48. The second kappa shape index (κ2) is 6.28. The maximum Gasteiger partial charge on any atom is 0.309 e. The van der Waals surface area contributed by atoms with Gasteiger partial charge in [0.25, 0.3) is 0 Å². The Morgan fingerprint density at radius 1 is 1.52 bits per heavy atom. The average Bonchev–Trinajstić information content (AvgIpc) is 3.10. The lowest BCUT2D eigenvalue weighted by atomic mass is 10.2. The summed E-state index contributed by atoms with van der Waals surface area (Å²) < 4.78 is 6.82. The highest BCUT2D eigenvalue weighted by Crippen LogP contribution is 2.40. The van der Waals surface area contributed by atoms with Crippen LogP contribution in [0, 0.1) is 18.8 Å². The highest BCUT2D eigenvalue weighted by molar-refractivity contribution is 5.76. The van der Waals surface area contributed by atoms with Crippen molar-refractivity contribution in [1.29, 1.82) is 0 Å². The van der Waals surface area contributed by atoms with Crippen LogP contribution < -0.4 is 0 Å². The van der Waals surface area contributed by atoms with Crippen molar-refractivity contribution in [3.05, 3.63) is 17.5 Å². The molecule has 6 heteroatoms. The summed E-state index contributed by atoms with van der Waals surface area (Å²) in [5, 5.41) is 4.37. The van der Waals surface area contributed by atoms with E-state index in [1.54, 1.807) is 23.4 Å². The van der Waals surface area contributed by atoms with Crippen LogP contribution in [0.25, 0.3) is 0 Å². The van der Waals surface area contributed by atoms with Crippen LogP contribution in [-0.2, 0) is 27.9 Å². The quantitative estimate of drug-likeness (QED) is 0.741. The molecule has 0 aromatic carbocycles. The highest BCUT2D eigenvalue weighted by atomic mass is 16.5. The maximum absolute atomic E-state index is 11.8. The number of aryl methyl sites for hydroxylation is 2. The highest BCUT2D eigenvalue weighted by Gasteiger charge is 2.45. The summed E-state index contributed by atoms with van der Waals surface area (Å²) in [5.41, 5.74) is 1.93. The molecule has 1 aromatic rings. The van der Waals surface area contributed by atoms with Crippen LogP contribution in [0.3, 0.4) is 0 Å². The van der Waals surface area contributed by atoms with Gasteiger partial charge in [-0.25, -0.2) is 0 Å². The van der Waals surface area contributed by atoms with Crippen LogP contribution in [0.4, 0.5) is 0 Å². The van der Waals surface area contributed by atoms with Crippen molar-refractivity contribution in [2.45, 2.75) is 33.7 Å². The summed E-state index contributed by atoms with van der Waals surface area (Å²) in [4.78, 5) is 25.2. The maximum atomic E-state index is 11.8. The fraction of sp³-hybridized carbons (Fsp3) is 0.667. The Hall–Kier alpha value is -1.85. The normalized spacial score (nSPS) is 20.2. The molecule has 0 aliphatic heterocycles. The van der Waals surface area contributed by atoms with E-state index in [1.165, 1.54) is 0 Å². The molecule has 2 unspecified atom stereocenters. The number of esters is 1. The summed E-state index contributed by atoms with van der Waals surface area (Å²) in [5.74, 6) is 0.0440. The van der Waals surface area contributed by atoms with Crippen molar-refractivity contribution >= 4 is 11.9 Å². The summed E-state index contributed by atoms with van der Waals surface area (Å²) in [7, 11) is 1.88. The molecule has 1 amide bonds. The smallest absolute Gasteiger partial charge is 0.309 e. The first-order chi connectivity index (χ1) is 9.92. The van der Waals surface area contributed by atoms with Crippen molar-refractivity contribution in [2.24, 2.45) is 18.9 Å². The van der Waals surface area contributed by atoms with Crippen molar-refractivity contribution < 1.29 is 14.3 Å². The van der Waals surface area contributed by atoms with Gasteiger partial charge in [0.1, 0.15) is 0 Å². The van der Waals surface area contributed by atoms with Gasteiger partial charge >= 0.3 is 5.97 Å². The van der Waals surface area contributed by atoms with Crippen LogP contribution in [0.5, 0.6) is 0 Å². The molecule has 1 aliphatic rings. The zero-order chi connectivity index (χ0) is 15.6. The minimum Gasteiger partial charge on any atom is -0.466 e. The van der Waals surface area contributed by atoms with Gasteiger partial charge in [-0.3, -0.25) is 14.3 Å². The second-order valence-corrected chi connectivity index (χ2v) is 5.65. The van der Waals surface area contributed by atoms with Gasteiger partial charge in [0.15, 0.2) is 0 Å². The lowest BCUT2D eigenvalue weighted by molar-refractivity contribution is -0.145. The number of rotatable bonds is 6. The molecule has 0 saturated heterocycles. The van der Waals surface area contributed by atoms with E-state index in [4.69, 9.17) is 4.74 Å². The third kappa shape index (κ3) is 3.83. The lowest BCUT2D eigenvalue weighted by Crippen LogP contribution is -2.31. The zero-order valence-corrected chi connectivity index (χ0v) is 13.1. The molecule has 1 fully saturated rings. The summed E-state index contributed by atoms with van der Waals surface area (Å²) in [6, 6.07) is 1.98. The Morgan fingerprint density at radius 2 is 2.24 bits per heavy atom. The monoisotopic (exact) mass is 293 g/mol. The molecular weight excluding hydrogens is 270 g/mol. The Morgan fingerprint density at radius 3 is 2.76 bits per heavy atom. The number of amides is 1. The molecular formula is C15H23N3O3. The van der Waals surface area contributed by atoms with Crippen LogP contribution >= 0.6 is 0 Å². The lowest BCUT2D eigenvalue weighted by Gasteiger charge is -2.19. The third-order valence-corrected chi connectivity index (χ3v) is 3.93. The summed E-state index contributed by atoms with van der Waals surface area (Å²) >= 11 is 0. The van der Waals surface area contributed by atoms with E-state index in [9.17, 15) is 9.59 Å². The second-order valence-electron chi connectivity index (χ2n) is 5.65. The van der Waals surface area contributed by atoms with E-state index in [2.05, 4.69) is 5.10 Å². The Balaban J connectivity index is 1.92. The van der Waals surface area contributed by atoms with Gasteiger partial charge in [-0.15, -0.1) is 0 Å². The van der Waals surface area contributed by atoms with E-state index < -0.39 is 0 Å². The standard InChI is InChI=1S/C15H23N3O3/c1-5-21-15(20)14-7-12(14)8-18(11(3)19)9-13-6-10(2)17(4)16-13/h6,12,14H,5,7-9H2,1-4H3. The van der Waals surface area contributed by atoms with Gasteiger partial charge in [-0.1, -0.05) is 0 Å². The van der Waals surface area contributed by atoms with Crippen molar-refractivity contribution in [2.75, 3.05) is 13.2 Å². The molecule has 6 nitrogen and oxygen atoms in total. The van der Waals surface area contributed by atoms with Gasteiger partial charge in [-0.2, -0.15) is 5.10 Å². The van der Waals surface area contributed by atoms with Crippen molar-refractivity contribution in [3.8, 4) is 0 Å². The number of hydrogen-bond acceptors (Lipinski definition) is 4. The fourth-order valence-corrected chi connectivity index (χ4v) is 2.48. The largest absolute Gasteiger partial charge is 0.466 e. The molecule has 2 rings (SSSR count). The Bertz CT molecular complexity index is 519. The number of carbonyl (C=O) groups is 2. The van der Waals surface area contributed by atoms with Gasteiger partial charge in [0.05, 0.1) is 24.8 Å². The molecule has 0 N–H and O–H groups in total. The van der Waals surface area contributed by atoms with E-state index in [0.717, 1.165) is 17.8 Å². The van der Waals surface area contributed by atoms with Crippen LogP contribution in [0.15, 0.2) is 6.07 Å². The topological polar surface area (TPSA) is 64.4 Å². The first-order valence-electron chi connectivity index (χ1n) is 7.34. The predicted molar refractivity (Wildman–Crippen MR) is 77.3 cm³/mol. The molecule has 0 radical (unpaired) electrons. The molecule has 1 aromatic heterocycles. The minimum atomic E-state index is -0.139.